The van der Waals surface area contributed by atoms with Crippen molar-refractivity contribution in [2.45, 2.75) is 52.6 Å². The number of anilines is 1. The molecule has 0 unspecified atom stereocenters. The average Bonchev–Trinajstić information content (AvgIpc) is 3.22. The molecule has 0 aliphatic rings. The molecule has 0 fully saturated rings. The summed E-state index contributed by atoms with van der Waals surface area (Å²) in [4.78, 5) is 27.4. The highest BCUT2D eigenvalue weighted by atomic mass is 35.5. The number of hydrogen-bond donors (Lipinski definition) is 2. The van der Waals surface area contributed by atoms with Gasteiger partial charge in [0.25, 0.3) is 0 Å². The zero-order valence-electron chi connectivity index (χ0n) is 20.6. The predicted molar refractivity (Wildman–Crippen MR) is 141 cm³/mol. The molecule has 0 bridgehead atoms. The zero-order chi connectivity index (χ0) is 25.8. The Hall–Kier alpha value is -3.03. The van der Waals surface area contributed by atoms with Crippen LogP contribution in [0.2, 0.25) is 10.0 Å². The monoisotopic (exact) mass is 515 g/mol. The average molecular weight is 516 g/mol. The van der Waals surface area contributed by atoms with E-state index in [1.807, 2.05) is 71.0 Å². The van der Waals surface area contributed by atoms with E-state index in [-0.39, 0.29) is 29.9 Å². The third-order valence-electron chi connectivity index (χ3n) is 5.38. The molecule has 1 aromatic heterocycles. The second-order valence-electron chi connectivity index (χ2n) is 9.59. The molecule has 0 saturated carbocycles. The van der Waals surface area contributed by atoms with Gasteiger partial charge in [-0.15, -0.1) is 0 Å². The first-order valence-electron chi connectivity index (χ1n) is 11.4. The Kier molecular flexibility index (Phi) is 8.46. The highest BCUT2D eigenvalue weighted by Gasteiger charge is 2.24. The minimum absolute atomic E-state index is 0.115. The lowest BCUT2D eigenvalue weighted by Crippen LogP contribution is -2.47. The van der Waals surface area contributed by atoms with Crippen molar-refractivity contribution in [2.24, 2.45) is 0 Å². The van der Waals surface area contributed by atoms with Gasteiger partial charge in [0.2, 0.25) is 5.91 Å². The number of carbonyl (C=O) groups excluding carboxylic acids is 2. The number of urea groups is 1. The van der Waals surface area contributed by atoms with Gasteiger partial charge < -0.3 is 15.5 Å². The van der Waals surface area contributed by atoms with Crippen LogP contribution in [0.1, 0.15) is 45.9 Å². The summed E-state index contributed by atoms with van der Waals surface area (Å²) in [7, 11) is 0. The number of aromatic nitrogens is 2. The van der Waals surface area contributed by atoms with E-state index in [1.54, 1.807) is 22.9 Å². The van der Waals surface area contributed by atoms with Gasteiger partial charge in [-0.2, -0.15) is 5.10 Å². The molecular formula is C26H31Cl2N5O2. The molecular weight excluding hydrogens is 485 g/mol. The van der Waals surface area contributed by atoms with Crippen LogP contribution in [0.3, 0.4) is 0 Å². The summed E-state index contributed by atoms with van der Waals surface area (Å²) in [5.41, 5.74) is 2.18. The molecule has 35 heavy (non-hydrogen) atoms. The molecule has 3 amide bonds. The third kappa shape index (κ3) is 6.99. The maximum Gasteiger partial charge on any atom is 0.318 e. The quantitative estimate of drug-likeness (QED) is 0.402. The summed E-state index contributed by atoms with van der Waals surface area (Å²) in [6.07, 6.45) is 0. The van der Waals surface area contributed by atoms with Gasteiger partial charge in [0.15, 0.2) is 0 Å². The maximum absolute atomic E-state index is 13.0. The summed E-state index contributed by atoms with van der Waals surface area (Å²) < 4.78 is 1.62. The predicted octanol–water partition coefficient (Wildman–Crippen LogP) is 6.04. The molecule has 0 saturated heterocycles. The van der Waals surface area contributed by atoms with Crippen molar-refractivity contribution in [3.05, 3.63) is 75.9 Å². The molecule has 0 atom stereocenters. The van der Waals surface area contributed by atoms with Gasteiger partial charge in [-0.05, 0) is 37.6 Å². The van der Waals surface area contributed by atoms with Crippen molar-refractivity contribution in [1.29, 1.82) is 0 Å². The normalized spacial score (nSPS) is 11.4. The zero-order valence-corrected chi connectivity index (χ0v) is 22.1. The topological polar surface area (TPSA) is 79.3 Å². The fourth-order valence-corrected chi connectivity index (χ4v) is 3.64. The maximum atomic E-state index is 13.0. The van der Waals surface area contributed by atoms with E-state index in [9.17, 15) is 9.59 Å². The van der Waals surface area contributed by atoms with E-state index >= 15 is 0 Å². The Balaban J connectivity index is 1.78. The number of hydrogen-bond acceptors (Lipinski definition) is 3. The number of amides is 3. The SMILES string of the molecule is CC(C)N(CC(=O)Nc1cc(C(C)(C)C)nn1-c1ccc(Cl)c(Cl)c1)C(=O)NCc1ccccc1. The Labute approximate surface area is 216 Å². The molecule has 9 heteroatoms. The molecule has 0 aliphatic carbocycles. The molecule has 1 heterocycles. The Morgan fingerprint density at radius 2 is 1.71 bits per heavy atom. The molecule has 3 aromatic rings. The fourth-order valence-electron chi connectivity index (χ4n) is 3.35. The molecule has 0 spiro atoms. The first-order valence-corrected chi connectivity index (χ1v) is 12.2. The van der Waals surface area contributed by atoms with Gasteiger partial charge in [-0.3, -0.25) is 4.79 Å². The van der Waals surface area contributed by atoms with E-state index in [0.717, 1.165) is 11.3 Å². The van der Waals surface area contributed by atoms with Gasteiger partial charge in [-0.1, -0.05) is 74.3 Å². The lowest BCUT2D eigenvalue weighted by atomic mass is 9.92. The van der Waals surface area contributed by atoms with Crippen LogP contribution in [0.5, 0.6) is 0 Å². The minimum Gasteiger partial charge on any atom is -0.334 e. The molecule has 2 aromatic carbocycles. The number of rotatable bonds is 7. The Bertz CT molecular complexity index is 1190. The molecule has 7 nitrogen and oxygen atoms in total. The summed E-state index contributed by atoms with van der Waals surface area (Å²) in [5, 5.41) is 11.3. The van der Waals surface area contributed by atoms with Gasteiger partial charge >= 0.3 is 6.03 Å². The number of nitrogens with one attached hydrogen (secondary N) is 2. The first kappa shape index (κ1) is 26.6. The summed E-state index contributed by atoms with van der Waals surface area (Å²) >= 11 is 12.3. The summed E-state index contributed by atoms with van der Waals surface area (Å²) in [5.74, 6) is 0.141. The highest BCUT2D eigenvalue weighted by molar-refractivity contribution is 6.42. The van der Waals surface area contributed by atoms with E-state index in [2.05, 4.69) is 10.6 Å². The smallest absolute Gasteiger partial charge is 0.318 e. The van der Waals surface area contributed by atoms with Crippen LogP contribution in [0.25, 0.3) is 5.69 Å². The standard InChI is InChI=1S/C26H31Cl2N5O2/c1-17(2)32(25(35)29-15-18-9-7-6-8-10-18)16-24(34)30-23-14-22(26(3,4)5)31-33(23)19-11-12-20(27)21(28)13-19/h6-14,17H,15-16H2,1-5H3,(H,29,35)(H,30,34). The lowest BCUT2D eigenvalue weighted by Gasteiger charge is -2.26. The number of carbonyl (C=O) groups is 2. The Morgan fingerprint density at radius 1 is 1.03 bits per heavy atom. The lowest BCUT2D eigenvalue weighted by molar-refractivity contribution is -0.117. The number of nitrogens with zero attached hydrogens (tertiary/aromatic N) is 3. The van der Waals surface area contributed by atoms with Crippen LogP contribution in [-0.4, -0.2) is 39.2 Å². The van der Waals surface area contributed by atoms with Crippen LogP contribution < -0.4 is 10.6 Å². The summed E-state index contributed by atoms with van der Waals surface area (Å²) in [6.45, 7) is 10.1. The van der Waals surface area contributed by atoms with E-state index in [4.69, 9.17) is 28.3 Å². The van der Waals surface area contributed by atoms with Crippen molar-refractivity contribution < 1.29 is 9.59 Å². The van der Waals surface area contributed by atoms with Gasteiger partial charge in [0, 0.05) is 24.1 Å². The molecule has 2 N–H and O–H groups in total. The number of halogens is 2. The molecule has 0 radical (unpaired) electrons. The van der Waals surface area contributed by atoms with Gasteiger partial charge in [-0.25, -0.2) is 9.48 Å². The van der Waals surface area contributed by atoms with Crippen LogP contribution >= 0.6 is 23.2 Å². The number of benzene rings is 2. The van der Waals surface area contributed by atoms with Crippen LogP contribution in [-0.2, 0) is 16.8 Å². The largest absolute Gasteiger partial charge is 0.334 e. The first-order chi connectivity index (χ1) is 16.5. The van der Waals surface area contributed by atoms with Crippen molar-refractivity contribution >= 4 is 41.0 Å². The second-order valence-corrected chi connectivity index (χ2v) is 10.4. The molecule has 3 rings (SSSR count). The minimum atomic E-state index is -0.338. The van der Waals surface area contributed by atoms with E-state index < -0.39 is 0 Å². The highest BCUT2D eigenvalue weighted by Crippen LogP contribution is 2.29. The van der Waals surface area contributed by atoms with Crippen LogP contribution in [0, 0.1) is 0 Å². The Morgan fingerprint density at radius 3 is 2.31 bits per heavy atom. The van der Waals surface area contributed by atoms with Crippen molar-refractivity contribution in [2.75, 3.05) is 11.9 Å². The van der Waals surface area contributed by atoms with Crippen molar-refractivity contribution in [1.82, 2.24) is 20.0 Å². The van der Waals surface area contributed by atoms with Crippen molar-refractivity contribution in [3.63, 3.8) is 0 Å². The summed E-state index contributed by atoms with van der Waals surface area (Å²) in [6, 6.07) is 16.1. The van der Waals surface area contributed by atoms with Gasteiger partial charge in [0.05, 0.1) is 21.4 Å². The fraction of sp³-hybridized carbons (Fsp3) is 0.346. The third-order valence-corrected chi connectivity index (χ3v) is 6.12. The van der Waals surface area contributed by atoms with E-state index in [0.29, 0.717) is 28.1 Å². The van der Waals surface area contributed by atoms with Crippen molar-refractivity contribution in [3.8, 4) is 5.69 Å². The second kappa shape index (κ2) is 11.1. The molecule has 0 aliphatic heterocycles. The van der Waals surface area contributed by atoms with E-state index in [1.165, 1.54) is 4.90 Å². The molecule has 186 valence electrons. The van der Waals surface area contributed by atoms with Crippen LogP contribution in [0.4, 0.5) is 10.6 Å². The van der Waals surface area contributed by atoms with Crippen LogP contribution in [0.15, 0.2) is 54.6 Å². The van der Waals surface area contributed by atoms with Gasteiger partial charge in [0.1, 0.15) is 12.4 Å².